The van der Waals surface area contributed by atoms with Crippen molar-refractivity contribution in [1.29, 1.82) is 0 Å². The molecule has 4 nitrogen and oxygen atoms in total. The van der Waals surface area contributed by atoms with Gasteiger partial charge >= 0.3 is 0 Å². The van der Waals surface area contributed by atoms with Gasteiger partial charge in [-0.25, -0.2) is 0 Å². The van der Waals surface area contributed by atoms with E-state index in [-0.39, 0.29) is 5.91 Å². The normalized spacial score (nSPS) is 10.2. The number of rotatable bonds is 2. The van der Waals surface area contributed by atoms with Crippen LogP contribution in [0.25, 0.3) is 0 Å². The maximum Gasteiger partial charge on any atom is 0.272 e. The van der Waals surface area contributed by atoms with Crippen molar-refractivity contribution in [3.05, 3.63) is 45.3 Å². The van der Waals surface area contributed by atoms with Crippen LogP contribution in [-0.2, 0) is 0 Å². The van der Waals surface area contributed by atoms with Gasteiger partial charge in [-0.1, -0.05) is 6.07 Å². The average Bonchev–Trinajstić information content (AvgIpc) is 2.70. The first-order chi connectivity index (χ1) is 8.06. The van der Waals surface area contributed by atoms with Crippen molar-refractivity contribution in [2.45, 2.75) is 6.92 Å². The molecule has 17 heavy (non-hydrogen) atoms. The van der Waals surface area contributed by atoms with E-state index in [1.807, 2.05) is 25.1 Å². The van der Waals surface area contributed by atoms with Crippen LogP contribution in [0, 0.1) is 10.5 Å². The Morgan fingerprint density at radius 3 is 2.82 bits per heavy atom. The predicted octanol–water partition coefficient (Wildman–Crippen LogP) is 2.76. The summed E-state index contributed by atoms with van der Waals surface area (Å²) in [6, 6.07) is 7.51. The average molecular weight is 341 g/mol. The van der Waals surface area contributed by atoms with Gasteiger partial charge in [-0.15, -0.1) is 0 Å². The Balaban J connectivity index is 2.21. The fourth-order valence-electron chi connectivity index (χ4n) is 1.46. The quantitative estimate of drug-likeness (QED) is 0.735. The Labute approximate surface area is 113 Å². The van der Waals surface area contributed by atoms with Crippen LogP contribution < -0.4 is 11.1 Å². The molecule has 0 aliphatic heterocycles. The summed E-state index contributed by atoms with van der Waals surface area (Å²) in [5, 5.41) is 2.85. The highest BCUT2D eigenvalue weighted by atomic mass is 127. The highest BCUT2D eigenvalue weighted by molar-refractivity contribution is 14.1. The minimum atomic E-state index is -0.188. The SMILES string of the molecule is Cc1ccc(I)cc1NC(=O)c1cc(N)c[nH]1. The molecule has 1 amide bonds. The highest BCUT2D eigenvalue weighted by Crippen LogP contribution is 2.19. The summed E-state index contributed by atoms with van der Waals surface area (Å²) >= 11 is 2.21. The van der Waals surface area contributed by atoms with E-state index in [4.69, 9.17) is 5.73 Å². The topological polar surface area (TPSA) is 70.9 Å². The maximum absolute atomic E-state index is 11.9. The summed E-state index contributed by atoms with van der Waals surface area (Å²) in [6.45, 7) is 1.95. The van der Waals surface area contributed by atoms with E-state index in [9.17, 15) is 4.79 Å². The zero-order valence-electron chi connectivity index (χ0n) is 9.25. The zero-order valence-corrected chi connectivity index (χ0v) is 11.4. The molecule has 0 atom stereocenters. The van der Waals surface area contributed by atoms with Crippen LogP contribution in [-0.4, -0.2) is 10.9 Å². The van der Waals surface area contributed by atoms with E-state index in [2.05, 4.69) is 32.9 Å². The number of carbonyl (C=O) groups excluding carboxylic acids is 1. The molecule has 0 saturated heterocycles. The van der Waals surface area contributed by atoms with Gasteiger partial charge in [0.2, 0.25) is 0 Å². The molecule has 0 aliphatic rings. The fraction of sp³-hybridized carbons (Fsp3) is 0.0833. The maximum atomic E-state index is 11.9. The predicted molar refractivity (Wildman–Crippen MR) is 77.1 cm³/mol. The second-order valence-corrected chi connectivity index (χ2v) is 5.01. The van der Waals surface area contributed by atoms with Crippen molar-refractivity contribution in [1.82, 2.24) is 4.98 Å². The van der Waals surface area contributed by atoms with Crippen LogP contribution in [0.5, 0.6) is 0 Å². The second-order valence-electron chi connectivity index (χ2n) is 3.76. The molecule has 88 valence electrons. The Morgan fingerprint density at radius 1 is 1.41 bits per heavy atom. The first kappa shape index (κ1) is 12.0. The molecule has 2 aromatic rings. The summed E-state index contributed by atoms with van der Waals surface area (Å²) < 4.78 is 1.08. The summed E-state index contributed by atoms with van der Waals surface area (Å²) in [6.07, 6.45) is 1.59. The smallest absolute Gasteiger partial charge is 0.272 e. The lowest BCUT2D eigenvalue weighted by atomic mass is 10.2. The third kappa shape index (κ3) is 2.79. The molecule has 1 aromatic carbocycles. The standard InChI is InChI=1S/C12H12IN3O/c1-7-2-3-8(13)4-10(7)16-12(17)11-5-9(14)6-15-11/h2-6,15H,14H2,1H3,(H,16,17). The number of halogens is 1. The van der Waals surface area contributed by atoms with Gasteiger partial charge in [0, 0.05) is 21.1 Å². The van der Waals surface area contributed by atoms with Crippen molar-refractivity contribution in [2.24, 2.45) is 0 Å². The summed E-state index contributed by atoms with van der Waals surface area (Å²) in [7, 11) is 0. The third-order valence-electron chi connectivity index (χ3n) is 2.40. The molecule has 0 aliphatic carbocycles. The van der Waals surface area contributed by atoms with Crippen molar-refractivity contribution in [2.75, 3.05) is 11.1 Å². The molecule has 0 radical (unpaired) electrons. The van der Waals surface area contributed by atoms with Crippen molar-refractivity contribution < 1.29 is 4.79 Å². The molecular weight excluding hydrogens is 329 g/mol. The first-order valence-corrected chi connectivity index (χ1v) is 6.15. The van der Waals surface area contributed by atoms with E-state index in [0.717, 1.165) is 14.8 Å². The number of aryl methyl sites for hydroxylation is 1. The van der Waals surface area contributed by atoms with E-state index in [0.29, 0.717) is 11.4 Å². The van der Waals surface area contributed by atoms with Crippen LogP contribution in [0.4, 0.5) is 11.4 Å². The van der Waals surface area contributed by atoms with Crippen molar-refractivity contribution in [3.8, 4) is 0 Å². The molecule has 0 saturated carbocycles. The number of hydrogen-bond acceptors (Lipinski definition) is 2. The number of nitrogens with two attached hydrogens (primary N) is 1. The van der Waals surface area contributed by atoms with Crippen LogP contribution >= 0.6 is 22.6 Å². The highest BCUT2D eigenvalue weighted by Gasteiger charge is 2.09. The summed E-state index contributed by atoms with van der Waals surface area (Å²) in [4.78, 5) is 14.7. The van der Waals surface area contributed by atoms with Crippen LogP contribution in [0.1, 0.15) is 16.1 Å². The molecule has 4 N–H and O–H groups in total. The Kier molecular flexibility index (Phi) is 3.37. The number of nitrogens with one attached hydrogen (secondary N) is 2. The number of aromatic amines is 1. The largest absolute Gasteiger partial charge is 0.397 e. The molecule has 2 rings (SSSR count). The minimum Gasteiger partial charge on any atom is -0.397 e. The van der Waals surface area contributed by atoms with Crippen LogP contribution in [0.15, 0.2) is 30.5 Å². The molecule has 0 bridgehead atoms. The number of H-pyrrole nitrogens is 1. The molecule has 0 spiro atoms. The molecule has 0 fully saturated rings. The van der Waals surface area contributed by atoms with Gasteiger partial charge in [0.05, 0.1) is 0 Å². The van der Waals surface area contributed by atoms with Gasteiger partial charge < -0.3 is 16.0 Å². The zero-order chi connectivity index (χ0) is 12.4. The minimum absolute atomic E-state index is 0.188. The van der Waals surface area contributed by atoms with Crippen LogP contribution in [0.3, 0.4) is 0 Å². The third-order valence-corrected chi connectivity index (χ3v) is 3.07. The number of amides is 1. The van der Waals surface area contributed by atoms with Crippen LogP contribution in [0.2, 0.25) is 0 Å². The van der Waals surface area contributed by atoms with Gasteiger partial charge in [0.15, 0.2) is 0 Å². The van der Waals surface area contributed by atoms with Gasteiger partial charge in [-0.3, -0.25) is 4.79 Å². The lowest BCUT2D eigenvalue weighted by Crippen LogP contribution is -2.13. The Morgan fingerprint density at radius 2 is 2.18 bits per heavy atom. The Hall–Kier alpha value is -1.50. The first-order valence-electron chi connectivity index (χ1n) is 5.07. The number of benzene rings is 1. The van der Waals surface area contributed by atoms with Crippen molar-refractivity contribution in [3.63, 3.8) is 0 Å². The number of nitrogen functional groups attached to an aromatic ring is 1. The number of hydrogen-bond donors (Lipinski definition) is 3. The lowest BCUT2D eigenvalue weighted by molar-refractivity contribution is 0.102. The van der Waals surface area contributed by atoms with Gasteiger partial charge in [-0.2, -0.15) is 0 Å². The molecule has 1 aromatic heterocycles. The monoisotopic (exact) mass is 341 g/mol. The van der Waals surface area contributed by atoms with E-state index < -0.39 is 0 Å². The molecule has 1 heterocycles. The summed E-state index contributed by atoms with van der Waals surface area (Å²) in [5.74, 6) is -0.188. The van der Waals surface area contributed by atoms with E-state index in [1.54, 1.807) is 12.3 Å². The molecule has 5 heteroatoms. The molecule has 0 unspecified atom stereocenters. The summed E-state index contributed by atoms with van der Waals surface area (Å²) in [5.41, 5.74) is 8.40. The fourth-order valence-corrected chi connectivity index (χ4v) is 1.95. The Bertz CT molecular complexity index is 563. The number of aromatic nitrogens is 1. The van der Waals surface area contributed by atoms with Gasteiger partial charge in [0.1, 0.15) is 5.69 Å². The second kappa shape index (κ2) is 4.79. The van der Waals surface area contributed by atoms with E-state index >= 15 is 0 Å². The number of anilines is 2. The van der Waals surface area contributed by atoms with E-state index in [1.165, 1.54) is 0 Å². The van der Waals surface area contributed by atoms with Gasteiger partial charge in [0.25, 0.3) is 5.91 Å². The lowest BCUT2D eigenvalue weighted by Gasteiger charge is -2.07. The van der Waals surface area contributed by atoms with Gasteiger partial charge in [-0.05, 0) is 53.3 Å². The van der Waals surface area contributed by atoms with Crippen molar-refractivity contribution >= 4 is 39.9 Å². The number of carbonyl (C=O) groups is 1. The molecular formula is C12H12IN3O.